The topological polar surface area (TPSA) is 54.0 Å². The van der Waals surface area contributed by atoms with Crippen LogP contribution in [0.5, 0.6) is 11.5 Å². The molecule has 27 heavy (non-hydrogen) atoms. The van der Waals surface area contributed by atoms with Gasteiger partial charge in [0.1, 0.15) is 22.9 Å². The first-order chi connectivity index (χ1) is 12.5. The van der Waals surface area contributed by atoms with Gasteiger partial charge in [0, 0.05) is 29.2 Å². The number of rotatable bonds is 2. The van der Waals surface area contributed by atoms with Crippen molar-refractivity contribution in [1.29, 1.82) is 0 Å². The molecule has 1 unspecified atom stereocenters. The van der Waals surface area contributed by atoms with E-state index in [1.807, 2.05) is 0 Å². The van der Waals surface area contributed by atoms with Crippen molar-refractivity contribution < 1.29 is 32.5 Å². The van der Waals surface area contributed by atoms with Gasteiger partial charge in [-0.1, -0.05) is 0 Å². The van der Waals surface area contributed by atoms with Crippen molar-refractivity contribution in [1.82, 2.24) is 0 Å². The number of ether oxygens (including phenoxy) is 1. The van der Waals surface area contributed by atoms with Crippen LogP contribution in [0.1, 0.15) is 36.1 Å². The summed E-state index contributed by atoms with van der Waals surface area (Å²) in [5.74, 6) is -4.91. The molecule has 0 aromatic heterocycles. The number of alkyl halides is 3. The maximum Gasteiger partial charge on any atom is 0.309 e. The zero-order chi connectivity index (χ0) is 19.8. The monoisotopic (exact) mass is 379 g/mol. The lowest BCUT2D eigenvalue weighted by Crippen LogP contribution is -2.49. The van der Waals surface area contributed by atoms with E-state index in [4.69, 9.17) is 11.3 Å². The highest BCUT2D eigenvalue weighted by atomic mass is 19.3. The number of benzene rings is 2. The van der Waals surface area contributed by atoms with E-state index >= 15 is 0 Å². The van der Waals surface area contributed by atoms with Crippen LogP contribution in [0.25, 0.3) is 4.85 Å². The molecule has 0 saturated heterocycles. The van der Waals surface area contributed by atoms with Gasteiger partial charge in [0.2, 0.25) is 5.67 Å². The van der Waals surface area contributed by atoms with Crippen molar-refractivity contribution in [3.63, 3.8) is 0 Å². The van der Waals surface area contributed by atoms with Gasteiger partial charge >= 0.3 is 5.92 Å². The van der Waals surface area contributed by atoms with Crippen LogP contribution in [0.4, 0.5) is 23.2 Å². The molecule has 0 bridgehead atoms. The van der Waals surface area contributed by atoms with E-state index in [1.54, 1.807) is 0 Å². The summed E-state index contributed by atoms with van der Waals surface area (Å²) in [5.41, 5.74) is -7.21. The van der Waals surface area contributed by atoms with Crippen molar-refractivity contribution >= 4 is 5.69 Å². The van der Waals surface area contributed by atoms with Crippen LogP contribution < -0.4 is 4.74 Å². The summed E-state index contributed by atoms with van der Waals surface area (Å²) < 4.78 is 63.1. The summed E-state index contributed by atoms with van der Waals surface area (Å²) in [4.78, 5) is 3.10. The number of aliphatic hydroxyl groups is 2. The van der Waals surface area contributed by atoms with Gasteiger partial charge in [0.15, 0.2) is 5.69 Å². The van der Waals surface area contributed by atoms with Crippen LogP contribution in [-0.4, -0.2) is 15.9 Å². The SMILES string of the molecule is [C-]#[N+]c1cc(F)cc(Oc2ccc3c4c2[C@H](O)C[C@]4(O)C(C)(F)C3(F)F)c1. The lowest BCUT2D eigenvalue weighted by atomic mass is 9.85. The van der Waals surface area contributed by atoms with Crippen molar-refractivity contribution in [3.8, 4) is 11.5 Å². The highest BCUT2D eigenvalue weighted by Gasteiger charge is 2.75. The molecule has 4 rings (SSSR count). The molecule has 2 aliphatic rings. The molecule has 0 heterocycles. The van der Waals surface area contributed by atoms with Gasteiger partial charge in [-0.15, -0.1) is 0 Å². The van der Waals surface area contributed by atoms with Gasteiger partial charge in [-0.05, 0) is 31.2 Å². The Kier molecular flexibility index (Phi) is 3.43. The number of aliphatic hydroxyl groups excluding tert-OH is 1. The summed E-state index contributed by atoms with van der Waals surface area (Å²) in [5, 5.41) is 21.0. The smallest absolute Gasteiger partial charge is 0.309 e. The minimum Gasteiger partial charge on any atom is -0.458 e. The molecule has 3 atom stereocenters. The maximum atomic E-state index is 14.9. The van der Waals surface area contributed by atoms with E-state index in [0.29, 0.717) is 6.92 Å². The largest absolute Gasteiger partial charge is 0.458 e. The Hall–Kier alpha value is -2.63. The Labute approximate surface area is 151 Å². The van der Waals surface area contributed by atoms with Gasteiger partial charge in [-0.2, -0.15) is 8.78 Å². The zero-order valence-corrected chi connectivity index (χ0v) is 13.9. The summed E-state index contributed by atoms with van der Waals surface area (Å²) in [7, 11) is 0. The second-order valence-corrected chi connectivity index (χ2v) is 6.92. The minimum absolute atomic E-state index is 0.0393. The van der Waals surface area contributed by atoms with Gasteiger partial charge in [0.05, 0.1) is 12.7 Å². The third-order valence-corrected chi connectivity index (χ3v) is 5.36. The fourth-order valence-corrected chi connectivity index (χ4v) is 3.95. The summed E-state index contributed by atoms with van der Waals surface area (Å²) >= 11 is 0. The van der Waals surface area contributed by atoms with Crippen LogP contribution in [0.3, 0.4) is 0 Å². The molecule has 2 N–H and O–H groups in total. The standard InChI is InChI=1S/C19H13F4NO3/c1-17(21)18(26)8-13(25)15-14(4-3-12(16(15)18)19(17,22)23)27-11-6-9(20)5-10(7-11)24-2/h3-7,13,25-26H,8H2,1H3/t13-,17?,18-/m1/s1. The van der Waals surface area contributed by atoms with E-state index in [1.165, 1.54) is 6.07 Å². The van der Waals surface area contributed by atoms with Crippen LogP contribution in [-0.2, 0) is 11.5 Å². The average molecular weight is 379 g/mol. The summed E-state index contributed by atoms with van der Waals surface area (Å²) in [6.45, 7) is 7.55. The zero-order valence-electron chi connectivity index (χ0n) is 13.9. The van der Waals surface area contributed by atoms with Gasteiger partial charge in [0.25, 0.3) is 0 Å². The highest BCUT2D eigenvalue weighted by Crippen LogP contribution is 2.67. The van der Waals surface area contributed by atoms with Crippen LogP contribution in [0, 0.1) is 12.4 Å². The molecule has 0 radical (unpaired) electrons. The molecule has 2 aliphatic carbocycles. The maximum absolute atomic E-state index is 14.9. The van der Waals surface area contributed by atoms with Crippen LogP contribution in [0.15, 0.2) is 30.3 Å². The number of hydrogen-bond donors (Lipinski definition) is 2. The fourth-order valence-electron chi connectivity index (χ4n) is 3.95. The first-order valence-corrected chi connectivity index (χ1v) is 8.04. The quantitative estimate of drug-likeness (QED) is 0.591. The minimum atomic E-state index is -3.96. The first kappa shape index (κ1) is 17.8. The third-order valence-electron chi connectivity index (χ3n) is 5.36. The van der Waals surface area contributed by atoms with E-state index in [2.05, 4.69) is 4.85 Å². The van der Waals surface area contributed by atoms with Gasteiger partial charge < -0.3 is 14.9 Å². The van der Waals surface area contributed by atoms with E-state index in [9.17, 15) is 27.8 Å². The molecule has 0 saturated carbocycles. The second kappa shape index (κ2) is 5.21. The summed E-state index contributed by atoms with van der Waals surface area (Å²) in [6.07, 6.45) is -2.10. The second-order valence-electron chi connectivity index (χ2n) is 6.92. The predicted molar refractivity (Wildman–Crippen MR) is 86.1 cm³/mol. The number of nitrogens with zero attached hydrogens (tertiary/aromatic N) is 1. The normalized spacial score (nSPS) is 30.1. The first-order valence-electron chi connectivity index (χ1n) is 8.04. The van der Waals surface area contributed by atoms with Gasteiger partial charge in [-0.3, -0.25) is 0 Å². The molecule has 2 aromatic rings. The lowest BCUT2D eigenvalue weighted by Gasteiger charge is -2.34. The Morgan fingerprint density at radius 1 is 1.22 bits per heavy atom. The molecule has 0 fully saturated rings. The van der Waals surface area contributed by atoms with E-state index < -0.39 is 46.7 Å². The third kappa shape index (κ3) is 2.10. The number of hydrogen-bond acceptors (Lipinski definition) is 3. The molecule has 8 heteroatoms. The van der Waals surface area contributed by atoms with Crippen molar-refractivity contribution in [2.24, 2.45) is 0 Å². The molecule has 140 valence electrons. The molecular formula is C19H13F4NO3. The predicted octanol–water partition coefficient (Wildman–Crippen LogP) is 4.63. The van der Waals surface area contributed by atoms with Crippen LogP contribution >= 0.6 is 0 Å². The Morgan fingerprint density at radius 2 is 1.93 bits per heavy atom. The molecule has 0 aliphatic heterocycles. The van der Waals surface area contributed by atoms with Gasteiger partial charge in [-0.25, -0.2) is 13.6 Å². The summed E-state index contributed by atoms with van der Waals surface area (Å²) in [6, 6.07) is 5.25. The Balaban J connectivity index is 1.89. The van der Waals surface area contributed by atoms with Crippen molar-refractivity contribution in [2.75, 3.05) is 0 Å². The number of halogens is 4. The van der Waals surface area contributed by atoms with E-state index in [0.717, 1.165) is 24.3 Å². The van der Waals surface area contributed by atoms with Crippen molar-refractivity contribution in [3.05, 3.63) is 64.3 Å². The lowest BCUT2D eigenvalue weighted by molar-refractivity contribution is -0.215. The van der Waals surface area contributed by atoms with Crippen LogP contribution in [0.2, 0.25) is 0 Å². The highest BCUT2D eigenvalue weighted by molar-refractivity contribution is 5.61. The van der Waals surface area contributed by atoms with E-state index in [-0.39, 0.29) is 22.7 Å². The Morgan fingerprint density at radius 3 is 2.59 bits per heavy atom. The van der Waals surface area contributed by atoms with Crippen molar-refractivity contribution in [2.45, 2.75) is 36.6 Å². The molecular weight excluding hydrogens is 366 g/mol. The molecule has 2 aromatic carbocycles. The Bertz CT molecular complexity index is 1010. The average Bonchev–Trinajstić information content (AvgIpc) is 2.92. The molecule has 4 nitrogen and oxygen atoms in total. The molecule has 0 amide bonds. The fraction of sp³-hybridized carbons (Fsp3) is 0.316. The molecule has 0 spiro atoms.